The number of hydrogen-bond donors (Lipinski definition) is 2. The molecule has 0 aromatic carbocycles. The minimum absolute atomic E-state index is 0.376. The van der Waals surface area contributed by atoms with Gasteiger partial charge in [-0.3, -0.25) is 0 Å². The Morgan fingerprint density at radius 1 is 1.07 bits per heavy atom. The average molecular weight is 393 g/mol. The Morgan fingerprint density at radius 2 is 1.82 bits per heavy atom. The first-order chi connectivity index (χ1) is 13.5. The van der Waals surface area contributed by atoms with Gasteiger partial charge < -0.3 is 20.5 Å². The van der Waals surface area contributed by atoms with Crippen LogP contribution in [0.25, 0.3) is 0 Å². The van der Waals surface area contributed by atoms with Gasteiger partial charge in [0.1, 0.15) is 0 Å². The van der Waals surface area contributed by atoms with E-state index >= 15 is 0 Å². The van der Waals surface area contributed by atoms with Crippen molar-refractivity contribution < 1.29 is 9.47 Å². The smallest absolute Gasteiger partial charge is 0.0704 e. The summed E-state index contributed by atoms with van der Waals surface area (Å²) in [7, 11) is 1.74. The van der Waals surface area contributed by atoms with Crippen molar-refractivity contribution in [1.29, 1.82) is 0 Å². The van der Waals surface area contributed by atoms with Gasteiger partial charge in [-0.15, -0.1) is 0 Å². The SMILES string of the molecule is COCCOC1CC(C)C(CC2CC=C(N)C(C3CCCCC3)N2)C(C)C1C. The van der Waals surface area contributed by atoms with Crippen LogP contribution in [0, 0.1) is 29.6 Å². The molecule has 0 spiro atoms. The van der Waals surface area contributed by atoms with Gasteiger partial charge in [0.2, 0.25) is 0 Å². The van der Waals surface area contributed by atoms with Crippen molar-refractivity contribution in [2.75, 3.05) is 20.3 Å². The van der Waals surface area contributed by atoms with E-state index in [4.69, 9.17) is 15.2 Å². The largest absolute Gasteiger partial charge is 0.401 e. The summed E-state index contributed by atoms with van der Waals surface area (Å²) in [5.41, 5.74) is 7.53. The molecule has 0 bridgehead atoms. The molecule has 7 unspecified atom stereocenters. The van der Waals surface area contributed by atoms with E-state index in [9.17, 15) is 0 Å². The minimum Gasteiger partial charge on any atom is -0.401 e. The van der Waals surface area contributed by atoms with Gasteiger partial charge in [0.25, 0.3) is 0 Å². The molecule has 1 aliphatic heterocycles. The Morgan fingerprint density at radius 3 is 2.54 bits per heavy atom. The molecule has 3 N–H and O–H groups in total. The Hall–Kier alpha value is -0.580. The van der Waals surface area contributed by atoms with Crippen LogP contribution in [0.4, 0.5) is 0 Å². The lowest BCUT2D eigenvalue weighted by molar-refractivity contribution is -0.0752. The number of hydrogen-bond acceptors (Lipinski definition) is 4. The van der Waals surface area contributed by atoms with Crippen LogP contribution in [0.1, 0.15) is 72.1 Å². The second kappa shape index (κ2) is 10.4. The summed E-state index contributed by atoms with van der Waals surface area (Å²) in [6.45, 7) is 8.68. The predicted octanol–water partition coefficient (Wildman–Crippen LogP) is 4.49. The molecule has 3 aliphatic rings. The third-order valence-electron chi connectivity index (χ3n) is 8.14. The zero-order chi connectivity index (χ0) is 20.1. The highest BCUT2D eigenvalue weighted by atomic mass is 16.5. The van der Waals surface area contributed by atoms with Gasteiger partial charge in [-0.05, 0) is 61.7 Å². The summed E-state index contributed by atoms with van der Waals surface area (Å²) < 4.78 is 11.3. The summed E-state index contributed by atoms with van der Waals surface area (Å²) in [4.78, 5) is 0. The number of ether oxygens (including phenoxy) is 2. The Labute approximate surface area is 173 Å². The van der Waals surface area contributed by atoms with Crippen LogP contribution in [0.2, 0.25) is 0 Å². The van der Waals surface area contributed by atoms with Gasteiger partial charge in [-0.1, -0.05) is 46.1 Å². The van der Waals surface area contributed by atoms with Crippen molar-refractivity contribution >= 4 is 0 Å². The Bertz CT molecular complexity index is 503. The molecule has 4 nitrogen and oxygen atoms in total. The summed E-state index contributed by atoms with van der Waals surface area (Å²) >= 11 is 0. The van der Waals surface area contributed by atoms with E-state index in [1.807, 2.05) is 0 Å². The fourth-order valence-electron chi connectivity index (χ4n) is 6.14. The molecular weight excluding hydrogens is 348 g/mol. The van der Waals surface area contributed by atoms with E-state index in [2.05, 4.69) is 32.2 Å². The third-order valence-corrected chi connectivity index (χ3v) is 8.14. The van der Waals surface area contributed by atoms with Crippen molar-refractivity contribution in [2.45, 2.75) is 90.3 Å². The quantitative estimate of drug-likeness (QED) is 0.627. The van der Waals surface area contributed by atoms with Crippen molar-refractivity contribution in [1.82, 2.24) is 5.32 Å². The average Bonchev–Trinajstić information content (AvgIpc) is 2.71. The standard InChI is InChI=1S/C24H44N2O2/c1-16-14-23(28-13-12-27-4)18(3)17(2)21(16)15-20-10-11-22(25)24(26-20)19-8-6-5-7-9-19/h11,16-21,23-24,26H,5-10,12-15,25H2,1-4H3. The van der Waals surface area contributed by atoms with Crippen molar-refractivity contribution in [2.24, 2.45) is 35.3 Å². The van der Waals surface area contributed by atoms with E-state index in [0.29, 0.717) is 49.2 Å². The number of methoxy groups -OCH3 is 1. The second-order valence-corrected chi connectivity index (χ2v) is 9.91. The van der Waals surface area contributed by atoms with Crippen LogP contribution in [0.15, 0.2) is 11.8 Å². The normalized spacial score (nSPS) is 40.3. The number of nitrogens with one attached hydrogen (secondary N) is 1. The van der Waals surface area contributed by atoms with Crippen LogP contribution >= 0.6 is 0 Å². The molecule has 0 radical (unpaired) electrons. The van der Waals surface area contributed by atoms with E-state index in [1.54, 1.807) is 7.11 Å². The Balaban J connectivity index is 1.57. The van der Waals surface area contributed by atoms with Gasteiger partial charge in [-0.25, -0.2) is 0 Å². The topological polar surface area (TPSA) is 56.5 Å². The first-order valence-corrected chi connectivity index (χ1v) is 11.8. The third kappa shape index (κ3) is 5.31. The predicted molar refractivity (Wildman–Crippen MR) is 116 cm³/mol. The molecule has 0 aromatic heterocycles. The zero-order valence-corrected chi connectivity index (χ0v) is 18.7. The maximum Gasteiger partial charge on any atom is 0.0704 e. The molecule has 0 aromatic rings. The molecule has 2 fully saturated rings. The molecule has 0 amide bonds. The maximum absolute atomic E-state index is 6.43. The highest BCUT2D eigenvalue weighted by molar-refractivity contribution is 5.14. The van der Waals surface area contributed by atoms with E-state index < -0.39 is 0 Å². The lowest BCUT2D eigenvalue weighted by atomic mass is 9.64. The fourth-order valence-corrected chi connectivity index (χ4v) is 6.14. The maximum atomic E-state index is 6.43. The molecule has 7 atom stereocenters. The van der Waals surface area contributed by atoms with Crippen LogP contribution in [-0.4, -0.2) is 38.5 Å². The summed E-state index contributed by atoms with van der Waals surface area (Å²) in [6, 6.07) is 0.989. The van der Waals surface area contributed by atoms with Crippen LogP contribution in [-0.2, 0) is 9.47 Å². The van der Waals surface area contributed by atoms with Gasteiger partial charge in [0, 0.05) is 24.9 Å². The van der Waals surface area contributed by atoms with Gasteiger partial charge >= 0.3 is 0 Å². The van der Waals surface area contributed by atoms with Crippen molar-refractivity contribution in [3.05, 3.63) is 11.8 Å². The van der Waals surface area contributed by atoms with E-state index in [0.717, 1.165) is 24.0 Å². The van der Waals surface area contributed by atoms with Crippen molar-refractivity contribution in [3.8, 4) is 0 Å². The number of nitrogens with two attached hydrogens (primary N) is 1. The molecular formula is C24H44N2O2. The van der Waals surface area contributed by atoms with Crippen LogP contribution in [0.3, 0.4) is 0 Å². The van der Waals surface area contributed by atoms with Crippen LogP contribution < -0.4 is 11.1 Å². The molecule has 4 heteroatoms. The highest BCUT2D eigenvalue weighted by Crippen LogP contribution is 2.43. The molecule has 0 saturated heterocycles. The molecule has 28 heavy (non-hydrogen) atoms. The van der Waals surface area contributed by atoms with Crippen LogP contribution in [0.5, 0.6) is 0 Å². The molecule has 1 heterocycles. The van der Waals surface area contributed by atoms with E-state index in [-0.39, 0.29) is 0 Å². The molecule has 2 saturated carbocycles. The summed E-state index contributed by atoms with van der Waals surface area (Å²) in [5.74, 6) is 3.50. The monoisotopic (exact) mass is 392 g/mol. The lowest BCUT2D eigenvalue weighted by Gasteiger charge is -2.46. The molecule has 3 rings (SSSR count). The molecule has 2 aliphatic carbocycles. The Kier molecular flexibility index (Phi) is 8.25. The van der Waals surface area contributed by atoms with Gasteiger partial charge in [0.15, 0.2) is 0 Å². The fraction of sp³-hybridized carbons (Fsp3) is 0.917. The van der Waals surface area contributed by atoms with E-state index in [1.165, 1.54) is 44.9 Å². The minimum atomic E-state index is 0.376. The van der Waals surface area contributed by atoms with Gasteiger partial charge in [-0.2, -0.15) is 0 Å². The first kappa shape index (κ1) is 22.1. The zero-order valence-electron chi connectivity index (χ0n) is 18.7. The summed E-state index contributed by atoms with van der Waals surface area (Å²) in [5, 5.41) is 3.99. The summed E-state index contributed by atoms with van der Waals surface area (Å²) in [6.07, 6.45) is 13.1. The lowest BCUT2D eigenvalue weighted by Crippen LogP contribution is -2.51. The van der Waals surface area contributed by atoms with Crippen molar-refractivity contribution in [3.63, 3.8) is 0 Å². The molecule has 162 valence electrons. The second-order valence-electron chi connectivity index (χ2n) is 9.91. The number of rotatable bonds is 7. The van der Waals surface area contributed by atoms with Gasteiger partial charge in [0.05, 0.1) is 19.3 Å². The first-order valence-electron chi connectivity index (χ1n) is 11.8. The highest BCUT2D eigenvalue weighted by Gasteiger charge is 2.40.